The summed E-state index contributed by atoms with van der Waals surface area (Å²) in [7, 11) is 3.14. The molecule has 0 N–H and O–H groups in total. The Labute approximate surface area is 239 Å². The van der Waals surface area contributed by atoms with Gasteiger partial charge in [-0.1, -0.05) is 30.3 Å². The van der Waals surface area contributed by atoms with Crippen molar-refractivity contribution in [1.29, 1.82) is 0 Å². The van der Waals surface area contributed by atoms with Gasteiger partial charge in [-0.05, 0) is 52.9 Å². The van der Waals surface area contributed by atoms with E-state index in [2.05, 4.69) is 23.1 Å². The molecule has 9 nitrogen and oxygen atoms in total. The SMILES string of the molecule is COc1cc2c(cc1OC)[C@@H](C(=O)N1CCN(Cc3ccc4c(c3)OCO4)CC1)[C@H]1c3ccccc3CCN1C2=O. The highest BCUT2D eigenvalue weighted by Gasteiger charge is 2.48. The van der Waals surface area contributed by atoms with Crippen LogP contribution in [0, 0.1) is 0 Å². The number of hydrogen-bond acceptors (Lipinski definition) is 7. The maximum absolute atomic E-state index is 14.5. The number of carbonyl (C=O) groups is 2. The van der Waals surface area contributed by atoms with Gasteiger partial charge in [0.2, 0.25) is 12.7 Å². The van der Waals surface area contributed by atoms with E-state index in [1.54, 1.807) is 20.3 Å². The first-order chi connectivity index (χ1) is 20.1. The first-order valence-corrected chi connectivity index (χ1v) is 14.1. The fourth-order valence-corrected chi connectivity index (χ4v) is 6.74. The lowest BCUT2D eigenvalue weighted by atomic mass is 9.75. The molecule has 4 heterocycles. The standard InChI is InChI=1S/C32H33N3O6/c1-38-26-16-23-24(17-27(26)39-2)31(36)35-10-9-21-5-3-4-6-22(21)30(35)29(23)32(37)34-13-11-33(12-14-34)18-20-7-8-25-28(15-20)41-19-40-25/h3-8,15-17,29-30H,9-14,18-19H2,1-2H3/t29-,30-/m1/s1. The van der Waals surface area contributed by atoms with E-state index >= 15 is 0 Å². The summed E-state index contributed by atoms with van der Waals surface area (Å²) in [5.41, 5.74) is 4.62. The molecule has 9 heteroatoms. The molecule has 0 bridgehead atoms. The molecule has 0 aromatic heterocycles. The van der Waals surface area contributed by atoms with E-state index in [1.165, 1.54) is 5.56 Å². The third-order valence-corrected chi connectivity index (χ3v) is 8.82. The Morgan fingerprint density at radius 1 is 0.878 bits per heavy atom. The van der Waals surface area contributed by atoms with Crippen molar-refractivity contribution in [2.45, 2.75) is 24.9 Å². The van der Waals surface area contributed by atoms with Gasteiger partial charge in [-0.2, -0.15) is 0 Å². The van der Waals surface area contributed by atoms with E-state index < -0.39 is 5.92 Å². The van der Waals surface area contributed by atoms with Crippen molar-refractivity contribution < 1.29 is 28.5 Å². The van der Waals surface area contributed by atoms with Gasteiger partial charge in [-0.25, -0.2) is 0 Å². The number of methoxy groups -OCH3 is 2. The predicted octanol–water partition coefficient (Wildman–Crippen LogP) is 3.61. The van der Waals surface area contributed by atoms with Gasteiger partial charge >= 0.3 is 0 Å². The molecule has 41 heavy (non-hydrogen) atoms. The number of rotatable bonds is 5. The second kappa shape index (κ2) is 10.3. The average molecular weight is 556 g/mol. The summed E-state index contributed by atoms with van der Waals surface area (Å²) in [6, 6.07) is 17.4. The van der Waals surface area contributed by atoms with Crippen LogP contribution in [-0.4, -0.2) is 80.3 Å². The lowest BCUT2D eigenvalue weighted by molar-refractivity contribution is -0.136. The van der Waals surface area contributed by atoms with Gasteiger partial charge in [0.15, 0.2) is 23.0 Å². The van der Waals surface area contributed by atoms with Crippen LogP contribution in [0.15, 0.2) is 54.6 Å². The molecule has 7 rings (SSSR count). The number of benzene rings is 3. The van der Waals surface area contributed by atoms with Crippen molar-refractivity contribution >= 4 is 11.8 Å². The van der Waals surface area contributed by atoms with E-state index in [0.29, 0.717) is 42.3 Å². The maximum Gasteiger partial charge on any atom is 0.254 e. The molecule has 0 unspecified atom stereocenters. The van der Waals surface area contributed by atoms with Crippen LogP contribution in [0.4, 0.5) is 0 Å². The smallest absolute Gasteiger partial charge is 0.254 e. The Bertz CT molecular complexity index is 1520. The lowest BCUT2D eigenvalue weighted by Gasteiger charge is -2.47. The van der Waals surface area contributed by atoms with E-state index in [9.17, 15) is 9.59 Å². The summed E-state index contributed by atoms with van der Waals surface area (Å²) in [5.74, 6) is 2.00. The summed E-state index contributed by atoms with van der Waals surface area (Å²) < 4.78 is 22.1. The molecule has 3 aromatic carbocycles. The summed E-state index contributed by atoms with van der Waals surface area (Å²) in [6.07, 6.45) is 0.764. The molecule has 1 saturated heterocycles. The number of fused-ring (bicyclic) bond motifs is 5. The van der Waals surface area contributed by atoms with Crippen LogP contribution >= 0.6 is 0 Å². The Morgan fingerprint density at radius 3 is 2.44 bits per heavy atom. The van der Waals surface area contributed by atoms with E-state index in [-0.39, 0.29) is 24.6 Å². The zero-order valence-corrected chi connectivity index (χ0v) is 23.3. The van der Waals surface area contributed by atoms with Gasteiger partial charge in [0.25, 0.3) is 5.91 Å². The Morgan fingerprint density at radius 2 is 1.63 bits per heavy atom. The Hall–Kier alpha value is -4.24. The second-order valence-corrected chi connectivity index (χ2v) is 11.0. The molecule has 212 valence electrons. The first-order valence-electron chi connectivity index (χ1n) is 14.1. The largest absolute Gasteiger partial charge is 0.493 e. The van der Waals surface area contributed by atoms with Gasteiger partial charge in [0.05, 0.1) is 26.2 Å². The average Bonchev–Trinajstić information content (AvgIpc) is 3.49. The normalized spacial score (nSPS) is 21.2. The second-order valence-electron chi connectivity index (χ2n) is 11.0. The van der Waals surface area contributed by atoms with Gasteiger partial charge in [-0.15, -0.1) is 0 Å². The van der Waals surface area contributed by atoms with Crippen LogP contribution in [0.3, 0.4) is 0 Å². The predicted molar refractivity (Wildman–Crippen MR) is 151 cm³/mol. The van der Waals surface area contributed by atoms with Crippen LogP contribution < -0.4 is 18.9 Å². The summed E-state index contributed by atoms with van der Waals surface area (Å²) in [5, 5.41) is 0. The highest BCUT2D eigenvalue weighted by molar-refractivity contribution is 6.02. The van der Waals surface area contributed by atoms with Crippen molar-refractivity contribution in [1.82, 2.24) is 14.7 Å². The topological polar surface area (TPSA) is 80.8 Å². The summed E-state index contributed by atoms with van der Waals surface area (Å²) in [6.45, 7) is 4.36. The van der Waals surface area contributed by atoms with Crippen molar-refractivity contribution in [2.24, 2.45) is 0 Å². The zero-order chi connectivity index (χ0) is 28.1. The van der Waals surface area contributed by atoms with Gasteiger partial charge in [0.1, 0.15) is 0 Å². The quantitative estimate of drug-likeness (QED) is 0.476. The monoisotopic (exact) mass is 555 g/mol. The molecular weight excluding hydrogens is 522 g/mol. The van der Waals surface area contributed by atoms with E-state index in [4.69, 9.17) is 18.9 Å². The summed E-state index contributed by atoms with van der Waals surface area (Å²) >= 11 is 0. The molecule has 3 aromatic rings. The number of hydrogen-bond donors (Lipinski definition) is 0. The third kappa shape index (κ3) is 4.35. The summed E-state index contributed by atoms with van der Waals surface area (Å²) in [4.78, 5) is 34.5. The van der Waals surface area contributed by atoms with Crippen LogP contribution in [0.25, 0.3) is 0 Å². The molecule has 0 radical (unpaired) electrons. The van der Waals surface area contributed by atoms with Crippen LogP contribution in [-0.2, 0) is 17.8 Å². The molecule has 1 fully saturated rings. The number of nitrogens with zero attached hydrogens (tertiary/aromatic N) is 3. The van der Waals surface area contributed by atoms with Crippen molar-refractivity contribution in [2.75, 3.05) is 53.7 Å². The fourth-order valence-electron chi connectivity index (χ4n) is 6.74. The first kappa shape index (κ1) is 25.7. The van der Waals surface area contributed by atoms with E-state index in [1.807, 2.05) is 40.1 Å². The van der Waals surface area contributed by atoms with Crippen molar-refractivity contribution in [3.05, 3.63) is 82.4 Å². The minimum Gasteiger partial charge on any atom is -0.493 e. The maximum atomic E-state index is 14.5. The number of piperazine rings is 1. The van der Waals surface area contributed by atoms with Crippen LogP contribution in [0.1, 0.15) is 44.6 Å². The lowest BCUT2D eigenvalue weighted by Crippen LogP contribution is -2.54. The molecule has 4 aliphatic heterocycles. The zero-order valence-electron chi connectivity index (χ0n) is 23.3. The minimum atomic E-state index is -0.538. The highest BCUT2D eigenvalue weighted by atomic mass is 16.7. The molecule has 0 spiro atoms. The Balaban J connectivity index is 1.18. The molecule has 2 atom stereocenters. The van der Waals surface area contributed by atoms with Gasteiger partial charge in [-0.3, -0.25) is 14.5 Å². The highest BCUT2D eigenvalue weighted by Crippen LogP contribution is 2.49. The molecule has 2 amide bonds. The number of carbonyl (C=O) groups excluding carboxylic acids is 2. The van der Waals surface area contributed by atoms with E-state index in [0.717, 1.165) is 48.7 Å². The van der Waals surface area contributed by atoms with Gasteiger partial charge < -0.3 is 28.7 Å². The Kier molecular flexibility index (Phi) is 6.46. The van der Waals surface area contributed by atoms with Crippen LogP contribution in [0.5, 0.6) is 23.0 Å². The van der Waals surface area contributed by atoms with Crippen LogP contribution in [0.2, 0.25) is 0 Å². The third-order valence-electron chi connectivity index (χ3n) is 8.82. The minimum absolute atomic E-state index is 0.0420. The molecule has 0 aliphatic carbocycles. The van der Waals surface area contributed by atoms with Gasteiger partial charge in [0, 0.05) is 44.8 Å². The molecular formula is C32H33N3O6. The number of ether oxygens (including phenoxy) is 4. The molecule has 0 saturated carbocycles. The number of amides is 2. The van der Waals surface area contributed by atoms with Crippen molar-refractivity contribution in [3.63, 3.8) is 0 Å². The fraction of sp³-hybridized carbons (Fsp3) is 0.375. The molecule has 4 aliphatic rings. The van der Waals surface area contributed by atoms with Crippen molar-refractivity contribution in [3.8, 4) is 23.0 Å².